The maximum absolute atomic E-state index is 5.17. The van der Waals surface area contributed by atoms with Crippen LogP contribution in [0.4, 0.5) is 5.69 Å². The van der Waals surface area contributed by atoms with Crippen molar-refractivity contribution < 1.29 is 0 Å². The highest BCUT2D eigenvalue weighted by molar-refractivity contribution is 7.03. The Morgan fingerprint density at radius 3 is 3.00 bits per heavy atom. The van der Waals surface area contributed by atoms with E-state index in [0.717, 1.165) is 0 Å². The summed E-state index contributed by atoms with van der Waals surface area (Å²) in [5.41, 5.74) is 5.80. The van der Waals surface area contributed by atoms with Crippen molar-refractivity contribution in [1.29, 1.82) is 0 Å². The largest absolute Gasteiger partial charge is 0.396 e. The Hall–Kier alpha value is -0.570. The molecule has 0 aliphatic heterocycles. The lowest BCUT2D eigenvalue weighted by Gasteiger charge is -1.65. The summed E-state index contributed by atoms with van der Waals surface area (Å²) < 4.78 is 3.68. The van der Waals surface area contributed by atoms with Gasteiger partial charge >= 0.3 is 0 Å². The fraction of sp³-hybridized carbons (Fsp3) is 0. The average Bonchev–Trinajstić information content (AvgIpc) is 1.86. The summed E-state index contributed by atoms with van der Waals surface area (Å²) >= 11 is 1.24. The summed E-state index contributed by atoms with van der Waals surface area (Å²) in [6.07, 6.45) is 1.57. The molecular formula is C3H3N2S. The Morgan fingerprint density at radius 2 is 2.83 bits per heavy atom. The SMILES string of the molecule is Nc1[c]snc1. The first-order chi connectivity index (χ1) is 2.89. The molecule has 0 aliphatic carbocycles. The highest BCUT2D eigenvalue weighted by atomic mass is 32.1. The van der Waals surface area contributed by atoms with Gasteiger partial charge in [-0.2, -0.15) is 4.37 Å². The zero-order chi connectivity index (χ0) is 4.41. The summed E-state index contributed by atoms with van der Waals surface area (Å²) in [6.45, 7) is 0. The van der Waals surface area contributed by atoms with Gasteiger partial charge in [0, 0.05) is 0 Å². The topological polar surface area (TPSA) is 38.9 Å². The fourth-order valence-electron chi connectivity index (χ4n) is 0.189. The van der Waals surface area contributed by atoms with Gasteiger partial charge in [0.1, 0.15) is 0 Å². The maximum atomic E-state index is 5.17. The minimum Gasteiger partial charge on any atom is -0.396 e. The van der Waals surface area contributed by atoms with Gasteiger partial charge in [0.15, 0.2) is 0 Å². The monoisotopic (exact) mass is 99.0 g/mol. The van der Waals surface area contributed by atoms with Crippen LogP contribution in [0.1, 0.15) is 0 Å². The molecule has 31 valence electrons. The summed E-state index contributed by atoms with van der Waals surface area (Å²) in [4.78, 5) is 0. The molecular weight excluding hydrogens is 96.1 g/mol. The second kappa shape index (κ2) is 1.26. The molecule has 0 aliphatic rings. The molecule has 1 aromatic rings. The van der Waals surface area contributed by atoms with Gasteiger partial charge in [-0.15, -0.1) is 0 Å². The van der Waals surface area contributed by atoms with E-state index in [9.17, 15) is 0 Å². The summed E-state index contributed by atoms with van der Waals surface area (Å²) in [5.74, 6) is 0. The van der Waals surface area contributed by atoms with Gasteiger partial charge in [0.05, 0.1) is 17.3 Å². The summed E-state index contributed by atoms with van der Waals surface area (Å²) in [5, 5.41) is 2.71. The van der Waals surface area contributed by atoms with Crippen molar-refractivity contribution in [1.82, 2.24) is 4.37 Å². The van der Waals surface area contributed by atoms with Crippen LogP contribution in [-0.2, 0) is 0 Å². The van der Waals surface area contributed by atoms with E-state index < -0.39 is 0 Å². The third kappa shape index (κ3) is 0.490. The lowest BCUT2D eigenvalue weighted by molar-refractivity contribution is 1.58. The van der Waals surface area contributed by atoms with Gasteiger partial charge in [0.2, 0.25) is 0 Å². The molecule has 0 aromatic carbocycles. The minimum atomic E-state index is 0.625. The van der Waals surface area contributed by atoms with E-state index in [1.165, 1.54) is 11.5 Å². The van der Waals surface area contributed by atoms with E-state index in [-0.39, 0.29) is 0 Å². The molecule has 1 radical (unpaired) electrons. The van der Waals surface area contributed by atoms with Crippen LogP contribution < -0.4 is 5.73 Å². The second-order valence-electron chi connectivity index (χ2n) is 0.883. The highest BCUT2D eigenvalue weighted by Gasteiger charge is 1.78. The van der Waals surface area contributed by atoms with Crippen LogP contribution in [0.2, 0.25) is 0 Å². The van der Waals surface area contributed by atoms with Crippen LogP contribution in [0.15, 0.2) is 6.20 Å². The first-order valence-electron chi connectivity index (χ1n) is 1.47. The van der Waals surface area contributed by atoms with Gasteiger partial charge < -0.3 is 5.73 Å². The van der Waals surface area contributed by atoms with Gasteiger partial charge in [-0.05, 0) is 11.5 Å². The molecule has 3 heteroatoms. The summed E-state index contributed by atoms with van der Waals surface area (Å²) in [6, 6.07) is 0. The third-order valence-electron chi connectivity index (χ3n) is 0.408. The van der Waals surface area contributed by atoms with Crippen molar-refractivity contribution in [2.24, 2.45) is 0 Å². The number of nitrogens with two attached hydrogens (primary N) is 1. The van der Waals surface area contributed by atoms with E-state index in [1.807, 2.05) is 0 Å². The molecule has 1 rings (SSSR count). The molecule has 2 N–H and O–H groups in total. The molecule has 0 saturated carbocycles. The predicted molar refractivity (Wildman–Crippen MR) is 25.4 cm³/mol. The average molecular weight is 99.1 g/mol. The molecule has 2 nitrogen and oxygen atoms in total. The number of rotatable bonds is 0. The molecule has 0 fully saturated rings. The number of nitrogens with zero attached hydrogens (tertiary/aromatic N) is 1. The molecule has 1 aromatic heterocycles. The van der Waals surface area contributed by atoms with Crippen molar-refractivity contribution in [3.63, 3.8) is 0 Å². The first kappa shape index (κ1) is 3.61. The molecule has 0 bridgehead atoms. The number of nitrogen functional groups attached to an aromatic ring is 1. The van der Waals surface area contributed by atoms with Gasteiger partial charge in [-0.25, -0.2) is 0 Å². The predicted octanol–water partition coefficient (Wildman–Crippen LogP) is 0.525. The van der Waals surface area contributed by atoms with Crippen LogP contribution in [-0.4, -0.2) is 4.37 Å². The molecule has 0 spiro atoms. The van der Waals surface area contributed by atoms with Gasteiger partial charge in [-0.3, -0.25) is 0 Å². The molecule has 6 heavy (non-hydrogen) atoms. The highest BCUT2D eigenvalue weighted by Crippen LogP contribution is 1.98. The Balaban J connectivity index is 3.05. The minimum absolute atomic E-state index is 0.625. The normalized spacial score (nSPS) is 8.67. The van der Waals surface area contributed by atoms with Crippen LogP contribution in [0.3, 0.4) is 0 Å². The Morgan fingerprint density at radius 1 is 2.00 bits per heavy atom. The number of aromatic nitrogens is 1. The Bertz CT molecular complexity index is 112. The molecule has 0 atom stereocenters. The second-order valence-corrected chi connectivity index (χ2v) is 1.48. The van der Waals surface area contributed by atoms with E-state index in [4.69, 9.17) is 5.73 Å². The molecule has 0 amide bonds. The van der Waals surface area contributed by atoms with Crippen LogP contribution in [0, 0.1) is 5.38 Å². The Kier molecular flexibility index (Phi) is 0.759. The summed E-state index contributed by atoms with van der Waals surface area (Å²) in [7, 11) is 0. The van der Waals surface area contributed by atoms with Crippen molar-refractivity contribution >= 4 is 17.2 Å². The molecule has 0 unspecified atom stereocenters. The zero-order valence-corrected chi connectivity index (χ0v) is 3.83. The lowest BCUT2D eigenvalue weighted by atomic mass is 10.6. The van der Waals surface area contributed by atoms with Gasteiger partial charge in [-0.1, -0.05) is 0 Å². The number of anilines is 1. The van der Waals surface area contributed by atoms with Crippen molar-refractivity contribution in [3.05, 3.63) is 11.6 Å². The van der Waals surface area contributed by atoms with Crippen molar-refractivity contribution in [3.8, 4) is 0 Å². The number of hydrogen-bond donors (Lipinski definition) is 1. The maximum Gasteiger partial charge on any atom is 0.0916 e. The Labute approximate surface area is 39.8 Å². The van der Waals surface area contributed by atoms with Crippen molar-refractivity contribution in [2.45, 2.75) is 0 Å². The van der Waals surface area contributed by atoms with Crippen LogP contribution in [0.25, 0.3) is 0 Å². The fourth-order valence-corrected chi connectivity index (χ4v) is 0.566. The van der Waals surface area contributed by atoms with E-state index in [1.54, 1.807) is 6.20 Å². The quantitative estimate of drug-likeness (QED) is 0.515. The zero-order valence-electron chi connectivity index (χ0n) is 3.01. The van der Waals surface area contributed by atoms with Gasteiger partial charge in [0.25, 0.3) is 0 Å². The smallest absolute Gasteiger partial charge is 0.0916 e. The number of hydrogen-bond acceptors (Lipinski definition) is 3. The van der Waals surface area contributed by atoms with Crippen LogP contribution in [0.5, 0.6) is 0 Å². The molecule has 1 heterocycles. The molecule has 0 saturated heterocycles. The van der Waals surface area contributed by atoms with E-state index in [0.29, 0.717) is 5.69 Å². The van der Waals surface area contributed by atoms with E-state index in [2.05, 4.69) is 9.75 Å². The first-order valence-corrected chi connectivity index (χ1v) is 2.25. The standard InChI is InChI=1S/C3H3N2S/c4-3-1-5-6-2-3/h1H,4H2. The van der Waals surface area contributed by atoms with Crippen LogP contribution >= 0.6 is 11.5 Å². The van der Waals surface area contributed by atoms with Crippen molar-refractivity contribution in [2.75, 3.05) is 5.73 Å². The lowest BCUT2D eigenvalue weighted by Crippen LogP contribution is -1.75. The van der Waals surface area contributed by atoms with E-state index >= 15 is 0 Å². The third-order valence-corrected chi connectivity index (χ3v) is 0.946.